The van der Waals surface area contributed by atoms with E-state index in [0.29, 0.717) is 18.1 Å². The number of nitro groups is 1. The molecule has 6 heteroatoms. The van der Waals surface area contributed by atoms with Gasteiger partial charge in [0.05, 0.1) is 18.1 Å². The van der Waals surface area contributed by atoms with Gasteiger partial charge in [-0.1, -0.05) is 13.8 Å². The van der Waals surface area contributed by atoms with Crippen LogP contribution in [0.15, 0.2) is 18.2 Å². The number of hydrogen-bond donors (Lipinski definition) is 0. The maximum absolute atomic E-state index is 12.0. The first-order valence-electron chi connectivity index (χ1n) is 6.45. The fourth-order valence-corrected chi connectivity index (χ4v) is 1.77. The molecule has 1 rings (SSSR count). The Bertz CT molecular complexity index is 500. The molecular formula is C14H20N2O4. The smallest absolute Gasteiger partial charge is 0.296 e. The molecule has 110 valence electrons. The number of nitrogens with zero attached hydrogens (tertiary/aromatic N) is 2. The number of methoxy groups -OCH3 is 1. The molecule has 0 heterocycles. The van der Waals surface area contributed by atoms with Crippen LogP contribution in [0, 0.1) is 16.0 Å². The highest BCUT2D eigenvalue weighted by Gasteiger charge is 2.22. The Balaban J connectivity index is 2.99. The predicted molar refractivity (Wildman–Crippen MR) is 77.1 cm³/mol. The summed E-state index contributed by atoms with van der Waals surface area (Å²) < 4.78 is 4.97. The standard InChI is InChI=1S/C14H20N2O4/c1-10(2)5-8-14(17)15(3)12-7-6-11(20-4)9-13(12)16(18)19/h6-7,9-10H,5,8H2,1-4H3. The third kappa shape index (κ3) is 3.94. The van der Waals surface area contributed by atoms with Gasteiger partial charge in [0.1, 0.15) is 11.4 Å². The van der Waals surface area contributed by atoms with Crippen LogP contribution in [-0.4, -0.2) is 25.0 Å². The summed E-state index contributed by atoms with van der Waals surface area (Å²) in [5, 5.41) is 11.1. The third-order valence-corrected chi connectivity index (χ3v) is 3.05. The quantitative estimate of drug-likeness (QED) is 0.593. The van der Waals surface area contributed by atoms with Crippen molar-refractivity contribution in [1.29, 1.82) is 0 Å². The minimum Gasteiger partial charge on any atom is -0.496 e. The van der Waals surface area contributed by atoms with Crippen LogP contribution in [0.1, 0.15) is 26.7 Å². The van der Waals surface area contributed by atoms with Crippen LogP contribution in [0.3, 0.4) is 0 Å². The van der Waals surface area contributed by atoms with E-state index in [1.807, 2.05) is 13.8 Å². The highest BCUT2D eigenvalue weighted by Crippen LogP contribution is 2.31. The first-order valence-corrected chi connectivity index (χ1v) is 6.45. The van der Waals surface area contributed by atoms with Crippen LogP contribution in [0.25, 0.3) is 0 Å². The van der Waals surface area contributed by atoms with Gasteiger partial charge in [-0.3, -0.25) is 14.9 Å². The lowest BCUT2D eigenvalue weighted by Crippen LogP contribution is -2.27. The van der Waals surface area contributed by atoms with Crippen molar-refractivity contribution in [2.45, 2.75) is 26.7 Å². The van der Waals surface area contributed by atoms with Gasteiger partial charge in [0.15, 0.2) is 0 Å². The molecule has 1 aromatic rings. The number of rotatable bonds is 6. The van der Waals surface area contributed by atoms with Crippen LogP contribution in [0.2, 0.25) is 0 Å². The van der Waals surface area contributed by atoms with Gasteiger partial charge in [0.25, 0.3) is 5.69 Å². The third-order valence-electron chi connectivity index (χ3n) is 3.05. The normalized spacial score (nSPS) is 10.4. The van der Waals surface area contributed by atoms with Crippen molar-refractivity contribution in [3.63, 3.8) is 0 Å². The van der Waals surface area contributed by atoms with Crippen molar-refractivity contribution in [2.24, 2.45) is 5.92 Å². The van der Waals surface area contributed by atoms with E-state index in [0.717, 1.165) is 6.42 Å². The van der Waals surface area contributed by atoms with Gasteiger partial charge in [-0.05, 0) is 24.5 Å². The van der Waals surface area contributed by atoms with E-state index in [1.165, 1.54) is 24.1 Å². The summed E-state index contributed by atoms with van der Waals surface area (Å²) >= 11 is 0. The zero-order chi connectivity index (χ0) is 15.3. The Morgan fingerprint density at radius 2 is 2.10 bits per heavy atom. The second-order valence-electron chi connectivity index (χ2n) is 5.00. The fourth-order valence-electron chi connectivity index (χ4n) is 1.77. The van der Waals surface area contributed by atoms with Crippen molar-refractivity contribution in [3.05, 3.63) is 28.3 Å². The number of carbonyl (C=O) groups excluding carboxylic acids is 1. The van der Waals surface area contributed by atoms with E-state index in [9.17, 15) is 14.9 Å². The summed E-state index contributed by atoms with van der Waals surface area (Å²) in [4.78, 5) is 24.0. The molecule has 0 saturated carbocycles. The van der Waals surface area contributed by atoms with Crippen molar-refractivity contribution in [3.8, 4) is 5.75 Å². The van der Waals surface area contributed by atoms with E-state index in [1.54, 1.807) is 13.1 Å². The van der Waals surface area contributed by atoms with E-state index in [4.69, 9.17) is 4.74 Å². The van der Waals surface area contributed by atoms with Crippen LogP contribution >= 0.6 is 0 Å². The van der Waals surface area contributed by atoms with Gasteiger partial charge >= 0.3 is 0 Å². The van der Waals surface area contributed by atoms with Crippen molar-refractivity contribution >= 4 is 17.3 Å². The van der Waals surface area contributed by atoms with Crippen LogP contribution in [0.5, 0.6) is 5.75 Å². The molecule has 0 atom stereocenters. The van der Waals surface area contributed by atoms with Gasteiger partial charge < -0.3 is 9.64 Å². The number of hydrogen-bond acceptors (Lipinski definition) is 4. The van der Waals surface area contributed by atoms with Crippen LogP contribution in [-0.2, 0) is 4.79 Å². The molecular weight excluding hydrogens is 260 g/mol. The summed E-state index contributed by atoms with van der Waals surface area (Å²) in [6, 6.07) is 4.46. The van der Waals surface area contributed by atoms with Crippen molar-refractivity contribution in [2.75, 3.05) is 19.1 Å². The predicted octanol–water partition coefficient (Wildman–Crippen LogP) is 3.00. The van der Waals surface area contributed by atoms with E-state index >= 15 is 0 Å². The summed E-state index contributed by atoms with van der Waals surface area (Å²) in [6.45, 7) is 4.06. The van der Waals surface area contributed by atoms with Crippen molar-refractivity contribution in [1.82, 2.24) is 0 Å². The van der Waals surface area contributed by atoms with Gasteiger partial charge in [-0.15, -0.1) is 0 Å². The molecule has 0 aliphatic rings. The molecule has 0 N–H and O–H groups in total. The topological polar surface area (TPSA) is 72.7 Å². The molecule has 20 heavy (non-hydrogen) atoms. The Morgan fingerprint density at radius 1 is 1.45 bits per heavy atom. The Morgan fingerprint density at radius 3 is 2.60 bits per heavy atom. The van der Waals surface area contributed by atoms with Gasteiger partial charge in [0, 0.05) is 13.5 Å². The summed E-state index contributed by atoms with van der Waals surface area (Å²) in [7, 11) is 2.99. The largest absolute Gasteiger partial charge is 0.496 e. The number of anilines is 1. The molecule has 1 amide bonds. The first kappa shape index (κ1) is 15.9. The lowest BCUT2D eigenvalue weighted by molar-refractivity contribution is -0.384. The molecule has 0 aliphatic heterocycles. The maximum atomic E-state index is 12.0. The lowest BCUT2D eigenvalue weighted by atomic mass is 10.1. The Kier molecular flexibility index (Phi) is 5.49. The molecule has 0 aromatic heterocycles. The van der Waals surface area contributed by atoms with Crippen LogP contribution in [0.4, 0.5) is 11.4 Å². The number of amides is 1. The van der Waals surface area contributed by atoms with E-state index in [-0.39, 0.29) is 17.3 Å². The average Bonchev–Trinajstić information content (AvgIpc) is 2.43. The molecule has 0 saturated heterocycles. The van der Waals surface area contributed by atoms with Gasteiger partial charge in [-0.25, -0.2) is 0 Å². The summed E-state index contributed by atoms with van der Waals surface area (Å²) in [6.07, 6.45) is 1.13. The molecule has 0 bridgehead atoms. The minimum absolute atomic E-state index is 0.132. The summed E-state index contributed by atoms with van der Waals surface area (Å²) in [5.74, 6) is 0.675. The maximum Gasteiger partial charge on any atom is 0.296 e. The number of benzene rings is 1. The van der Waals surface area contributed by atoms with Crippen molar-refractivity contribution < 1.29 is 14.5 Å². The second kappa shape index (κ2) is 6.88. The van der Waals surface area contributed by atoms with Crippen LogP contribution < -0.4 is 9.64 Å². The number of nitro benzene ring substituents is 1. The van der Waals surface area contributed by atoms with Gasteiger partial charge in [0.2, 0.25) is 5.91 Å². The molecule has 0 radical (unpaired) electrons. The highest BCUT2D eigenvalue weighted by molar-refractivity contribution is 5.95. The zero-order valence-electron chi connectivity index (χ0n) is 12.3. The highest BCUT2D eigenvalue weighted by atomic mass is 16.6. The molecule has 0 fully saturated rings. The number of ether oxygens (including phenoxy) is 1. The molecule has 0 unspecified atom stereocenters. The Labute approximate surface area is 118 Å². The molecule has 0 spiro atoms. The Hall–Kier alpha value is -2.11. The minimum atomic E-state index is -0.510. The molecule has 0 aliphatic carbocycles. The van der Waals surface area contributed by atoms with E-state index < -0.39 is 4.92 Å². The average molecular weight is 280 g/mol. The zero-order valence-corrected chi connectivity index (χ0v) is 12.3. The fraction of sp³-hybridized carbons (Fsp3) is 0.500. The number of carbonyl (C=O) groups is 1. The first-order chi connectivity index (χ1) is 9.36. The monoisotopic (exact) mass is 280 g/mol. The van der Waals surface area contributed by atoms with E-state index in [2.05, 4.69) is 0 Å². The molecule has 6 nitrogen and oxygen atoms in total. The van der Waals surface area contributed by atoms with Gasteiger partial charge in [-0.2, -0.15) is 0 Å². The second-order valence-corrected chi connectivity index (χ2v) is 5.00. The SMILES string of the molecule is COc1ccc(N(C)C(=O)CCC(C)C)c([N+](=O)[O-])c1. The lowest BCUT2D eigenvalue weighted by Gasteiger charge is -2.18. The summed E-state index contributed by atoms with van der Waals surface area (Å²) in [5.41, 5.74) is 0.148. The molecule has 1 aromatic carbocycles.